The summed E-state index contributed by atoms with van der Waals surface area (Å²) >= 11 is 0. The van der Waals surface area contributed by atoms with Crippen molar-refractivity contribution in [2.24, 2.45) is 0 Å². The lowest BCUT2D eigenvalue weighted by Gasteiger charge is -2.20. The zero-order valence-corrected chi connectivity index (χ0v) is 13.8. The maximum atomic E-state index is 12.6. The number of aliphatic carboxylic acids is 1. The molecule has 0 bridgehead atoms. The molecule has 0 unspecified atom stereocenters. The number of amides is 1. The Hall–Kier alpha value is -2.67. The van der Waals surface area contributed by atoms with Crippen LogP contribution in [0.2, 0.25) is 0 Å². The van der Waals surface area contributed by atoms with Gasteiger partial charge in [-0.05, 0) is 12.5 Å². The summed E-state index contributed by atoms with van der Waals surface area (Å²) < 4.78 is 6.68. The summed E-state index contributed by atoms with van der Waals surface area (Å²) in [5.41, 5.74) is 2.18. The van der Waals surface area contributed by atoms with Crippen LogP contribution < -0.4 is 0 Å². The number of hydrogen-bond donors (Lipinski definition) is 1. The minimum atomic E-state index is -1.06. The Morgan fingerprint density at radius 3 is 2.62 bits per heavy atom. The molecule has 0 saturated carbocycles. The Labute approximate surface area is 140 Å². The van der Waals surface area contributed by atoms with Crippen molar-refractivity contribution in [1.29, 1.82) is 0 Å². The maximum absolute atomic E-state index is 12.6. The molecule has 7 nitrogen and oxygen atoms in total. The monoisotopic (exact) mass is 331 g/mol. The highest BCUT2D eigenvalue weighted by molar-refractivity contribution is 5.96. The fraction of sp³-hybridized carbons (Fsp3) is 0.353. The number of carboxylic acids is 1. The Kier molecular flexibility index (Phi) is 6.08. The minimum absolute atomic E-state index is 0.213. The van der Waals surface area contributed by atoms with Gasteiger partial charge in [0.25, 0.3) is 5.91 Å². The summed E-state index contributed by atoms with van der Waals surface area (Å²) in [5, 5.41) is 13.3. The van der Waals surface area contributed by atoms with E-state index in [2.05, 4.69) is 5.10 Å². The van der Waals surface area contributed by atoms with Gasteiger partial charge in [0.1, 0.15) is 6.54 Å². The van der Waals surface area contributed by atoms with E-state index < -0.39 is 5.97 Å². The van der Waals surface area contributed by atoms with Crippen LogP contribution in [0.3, 0.4) is 0 Å². The fourth-order valence-electron chi connectivity index (χ4n) is 2.36. The number of hydrogen-bond acceptors (Lipinski definition) is 4. The van der Waals surface area contributed by atoms with Crippen LogP contribution in [0, 0.1) is 6.92 Å². The van der Waals surface area contributed by atoms with E-state index in [1.165, 1.54) is 18.2 Å². The Morgan fingerprint density at radius 1 is 1.29 bits per heavy atom. The molecule has 0 aliphatic heterocycles. The van der Waals surface area contributed by atoms with Gasteiger partial charge < -0.3 is 14.7 Å². The van der Waals surface area contributed by atoms with Crippen molar-refractivity contribution in [1.82, 2.24) is 14.7 Å². The van der Waals surface area contributed by atoms with E-state index in [-0.39, 0.29) is 25.6 Å². The lowest BCUT2D eigenvalue weighted by Crippen LogP contribution is -2.38. The van der Waals surface area contributed by atoms with Crippen molar-refractivity contribution in [3.05, 3.63) is 53.3 Å². The van der Waals surface area contributed by atoms with Crippen LogP contribution in [0.4, 0.5) is 0 Å². The number of carboxylic acid groups (broad SMARTS) is 1. The van der Waals surface area contributed by atoms with Crippen molar-refractivity contribution < 1.29 is 19.4 Å². The van der Waals surface area contributed by atoms with Gasteiger partial charge >= 0.3 is 5.97 Å². The van der Waals surface area contributed by atoms with Crippen LogP contribution >= 0.6 is 0 Å². The summed E-state index contributed by atoms with van der Waals surface area (Å²) in [6.07, 6.45) is 1.49. The van der Waals surface area contributed by atoms with Crippen LogP contribution in [0.25, 0.3) is 0 Å². The summed E-state index contributed by atoms with van der Waals surface area (Å²) in [6, 6.07) is 9.79. The molecule has 1 aromatic heterocycles. The Morgan fingerprint density at radius 2 is 2.00 bits per heavy atom. The van der Waals surface area contributed by atoms with Crippen molar-refractivity contribution in [3.63, 3.8) is 0 Å². The SMILES string of the molecule is COCCN(CC(=O)O)C(=O)c1cnn(Cc2ccccc2)c1C. The molecule has 1 amide bonds. The predicted octanol–water partition coefficient (Wildman–Crippen LogP) is 1.41. The molecule has 2 rings (SSSR count). The molecular formula is C17H21N3O4. The largest absolute Gasteiger partial charge is 0.480 e. The average molecular weight is 331 g/mol. The van der Waals surface area contributed by atoms with Crippen LogP contribution in [-0.4, -0.2) is 58.5 Å². The molecule has 0 aliphatic rings. The molecule has 0 spiro atoms. The highest BCUT2D eigenvalue weighted by atomic mass is 16.5. The molecule has 1 heterocycles. The van der Waals surface area contributed by atoms with E-state index in [9.17, 15) is 9.59 Å². The van der Waals surface area contributed by atoms with Gasteiger partial charge in [-0.3, -0.25) is 14.3 Å². The molecule has 0 saturated heterocycles. The van der Waals surface area contributed by atoms with Gasteiger partial charge in [-0.1, -0.05) is 30.3 Å². The Balaban J connectivity index is 2.18. The minimum Gasteiger partial charge on any atom is -0.480 e. The van der Waals surface area contributed by atoms with E-state index in [0.29, 0.717) is 17.8 Å². The van der Waals surface area contributed by atoms with E-state index in [0.717, 1.165) is 5.56 Å². The first kappa shape index (κ1) is 17.7. The van der Waals surface area contributed by atoms with Gasteiger partial charge in [-0.25, -0.2) is 0 Å². The van der Waals surface area contributed by atoms with Gasteiger partial charge in [0.15, 0.2) is 0 Å². The van der Waals surface area contributed by atoms with Gasteiger partial charge in [0, 0.05) is 19.3 Å². The molecule has 128 valence electrons. The highest BCUT2D eigenvalue weighted by Gasteiger charge is 2.22. The third kappa shape index (κ3) is 4.42. The van der Waals surface area contributed by atoms with Crippen molar-refractivity contribution >= 4 is 11.9 Å². The third-order valence-electron chi connectivity index (χ3n) is 3.69. The fourth-order valence-corrected chi connectivity index (χ4v) is 2.36. The van der Waals surface area contributed by atoms with Crippen molar-refractivity contribution in [2.75, 3.05) is 26.8 Å². The lowest BCUT2D eigenvalue weighted by molar-refractivity contribution is -0.137. The van der Waals surface area contributed by atoms with E-state index in [1.807, 2.05) is 30.3 Å². The summed E-state index contributed by atoms with van der Waals surface area (Å²) in [5.74, 6) is -1.42. The van der Waals surface area contributed by atoms with Crippen molar-refractivity contribution in [2.45, 2.75) is 13.5 Å². The highest BCUT2D eigenvalue weighted by Crippen LogP contribution is 2.13. The zero-order valence-electron chi connectivity index (χ0n) is 13.8. The summed E-state index contributed by atoms with van der Waals surface area (Å²) in [4.78, 5) is 24.9. The van der Waals surface area contributed by atoms with Gasteiger partial charge in [0.2, 0.25) is 0 Å². The normalized spacial score (nSPS) is 10.6. The Bertz CT molecular complexity index is 697. The number of carbonyl (C=O) groups excluding carboxylic acids is 1. The smallest absolute Gasteiger partial charge is 0.323 e. The molecule has 1 aromatic carbocycles. The molecule has 0 aliphatic carbocycles. The second-order valence-corrected chi connectivity index (χ2v) is 5.40. The number of ether oxygens (including phenoxy) is 1. The van der Waals surface area contributed by atoms with Gasteiger partial charge in [0.05, 0.1) is 24.9 Å². The zero-order chi connectivity index (χ0) is 17.5. The number of nitrogens with zero attached hydrogens (tertiary/aromatic N) is 3. The molecular weight excluding hydrogens is 310 g/mol. The second-order valence-electron chi connectivity index (χ2n) is 5.40. The summed E-state index contributed by atoms with van der Waals surface area (Å²) in [6.45, 7) is 2.47. The number of aromatic nitrogens is 2. The predicted molar refractivity (Wildman–Crippen MR) is 87.9 cm³/mol. The van der Waals surface area contributed by atoms with Crippen LogP contribution in [0.5, 0.6) is 0 Å². The van der Waals surface area contributed by atoms with Crippen LogP contribution in [0.15, 0.2) is 36.5 Å². The first-order valence-corrected chi connectivity index (χ1v) is 7.59. The van der Waals surface area contributed by atoms with E-state index in [4.69, 9.17) is 9.84 Å². The van der Waals surface area contributed by atoms with E-state index in [1.54, 1.807) is 11.6 Å². The standard InChI is InChI=1S/C17H21N3O4/c1-13-15(17(23)19(8-9-24-2)12-16(21)22)10-18-20(13)11-14-6-4-3-5-7-14/h3-7,10H,8-9,11-12H2,1-2H3,(H,21,22). The topological polar surface area (TPSA) is 84.7 Å². The first-order valence-electron chi connectivity index (χ1n) is 7.59. The van der Waals surface area contributed by atoms with Crippen molar-refractivity contribution in [3.8, 4) is 0 Å². The van der Waals surface area contributed by atoms with Crippen LogP contribution in [-0.2, 0) is 16.1 Å². The number of benzene rings is 1. The molecule has 0 fully saturated rings. The molecule has 1 N–H and O–H groups in total. The van der Waals surface area contributed by atoms with Gasteiger partial charge in [-0.15, -0.1) is 0 Å². The quantitative estimate of drug-likeness (QED) is 0.791. The number of rotatable bonds is 8. The number of carbonyl (C=O) groups is 2. The number of methoxy groups -OCH3 is 1. The molecule has 0 atom stereocenters. The maximum Gasteiger partial charge on any atom is 0.323 e. The van der Waals surface area contributed by atoms with E-state index >= 15 is 0 Å². The second kappa shape index (κ2) is 8.26. The summed E-state index contributed by atoms with van der Waals surface area (Å²) in [7, 11) is 1.51. The molecule has 2 aromatic rings. The van der Waals surface area contributed by atoms with Gasteiger partial charge in [-0.2, -0.15) is 5.10 Å². The molecule has 24 heavy (non-hydrogen) atoms. The van der Waals surface area contributed by atoms with Crippen LogP contribution in [0.1, 0.15) is 21.6 Å². The molecule has 0 radical (unpaired) electrons. The average Bonchev–Trinajstić information content (AvgIpc) is 2.92. The molecule has 7 heteroatoms. The first-order chi connectivity index (χ1) is 11.5. The lowest BCUT2D eigenvalue weighted by atomic mass is 10.2. The third-order valence-corrected chi connectivity index (χ3v) is 3.69.